The van der Waals surface area contributed by atoms with Crippen molar-refractivity contribution in [2.75, 3.05) is 13.2 Å². The molecule has 0 spiro atoms. The zero-order valence-electron chi connectivity index (χ0n) is 15.8. The number of ketones is 1. The lowest BCUT2D eigenvalue weighted by atomic mass is 10.0. The van der Waals surface area contributed by atoms with E-state index in [0.717, 1.165) is 6.42 Å². The average Bonchev–Trinajstić information content (AvgIpc) is 2.58. The number of rotatable bonds is 9. The summed E-state index contributed by atoms with van der Waals surface area (Å²) in [5.74, 6) is -0.286. The second-order valence-electron chi connectivity index (χ2n) is 6.80. The lowest BCUT2D eigenvalue weighted by Gasteiger charge is -2.22. The predicted octanol–water partition coefficient (Wildman–Crippen LogP) is 3.14. The second kappa shape index (κ2) is 10.6. The molecule has 1 rings (SSSR count). The van der Waals surface area contributed by atoms with Crippen molar-refractivity contribution in [2.24, 2.45) is 5.16 Å². The Balaban J connectivity index is 2.71. The molecule has 7 nitrogen and oxygen atoms in total. The third kappa shape index (κ3) is 8.11. The summed E-state index contributed by atoms with van der Waals surface area (Å²) in [7, 11) is 0. The van der Waals surface area contributed by atoms with Crippen LogP contribution in [0.5, 0.6) is 0 Å². The minimum atomic E-state index is -0.845. The van der Waals surface area contributed by atoms with Crippen LogP contribution in [-0.4, -0.2) is 47.7 Å². The summed E-state index contributed by atoms with van der Waals surface area (Å²) < 4.78 is 10.7. The van der Waals surface area contributed by atoms with Gasteiger partial charge in [-0.05, 0) is 32.8 Å². The first-order chi connectivity index (χ1) is 12.3. The van der Waals surface area contributed by atoms with E-state index in [4.69, 9.17) is 9.47 Å². The minimum absolute atomic E-state index is 0.0127. The smallest absolute Gasteiger partial charge is 0.407 e. The number of carbonyl (C=O) groups excluding carboxylic acids is 2. The Kier molecular flexibility index (Phi) is 8.78. The van der Waals surface area contributed by atoms with Gasteiger partial charge in [-0.15, -0.1) is 0 Å². The topological polar surface area (TPSA) is 97.2 Å². The molecule has 0 aliphatic rings. The second-order valence-corrected chi connectivity index (χ2v) is 6.80. The molecule has 1 atom stereocenters. The summed E-state index contributed by atoms with van der Waals surface area (Å²) in [5, 5.41) is 15.0. The molecule has 144 valence electrons. The molecule has 1 unspecified atom stereocenters. The molecule has 0 aliphatic carbocycles. The van der Waals surface area contributed by atoms with E-state index < -0.39 is 17.8 Å². The Labute approximate surface area is 154 Å². The van der Waals surface area contributed by atoms with Gasteiger partial charge in [0.05, 0.1) is 18.7 Å². The summed E-state index contributed by atoms with van der Waals surface area (Å²) >= 11 is 0. The van der Waals surface area contributed by atoms with E-state index in [-0.39, 0.29) is 24.5 Å². The van der Waals surface area contributed by atoms with Gasteiger partial charge < -0.3 is 20.0 Å². The van der Waals surface area contributed by atoms with Gasteiger partial charge in [-0.25, -0.2) is 4.79 Å². The number of nitrogens with one attached hydrogen (secondary N) is 1. The molecule has 0 aromatic heterocycles. The summed E-state index contributed by atoms with van der Waals surface area (Å²) in [4.78, 5) is 24.4. The van der Waals surface area contributed by atoms with Crippen molar-refractivity contribution in [2.45, 2.75) is 52.2 Å². The van der Waals surface area contributed by atoms with Crippen LogP contribution in [0.1, 0.15) is 46.1 Å². The Bertz CT molecular complexity index is 608. The molecule has 0 saturated carbocycles. The van der Waals surface area contributed by atoms with Gasteiger partial charge in [-0.3, -0.25) is 4.79 Å². The van der Waals surface area contributed by atoms with Crippen LogP contribution in [0.3, 0.4) is 0 Å². The minimum Gasteiger partial charge on any atom is -0.444 e. The van der Waals surface area contributed by atoms with Gasteiger partial charge in [0.2, 0.25) is 0 Å². The van der Waals surface area contributed by atoms with E-state index in [9.17, 15) is 14.8 Å². The van der Waals surface area contributed by atoms with Gasteiger partial charge in [0.1, 0.15) is 11.7 Å². The van der Waals surface area contributed by atoms with Gasteiger partial charge in [0.15, 0.2) is 5.78 Å². The number of oxime groups is 1. The number of hydrogen-bond acceptors (Lipinski definition) is 6. The Hall–Kier alpha value is -2.41. The van der Waals surface area contributed by atoms with Gasteiger partial charge in [0.25, 0.3) is 0 Å². The van der Waals surface area contributed by atoms with Crippen molar-refractivity contribution in [3.05, 3.63) is 35.9 Å². The lowest BCUT2D eigenvalue weighted by molar-refractivity contribution is -0.129. The highest BCUT2D eigenvalue weighted by Gasteiger charge is 2.24. The maximum Gasteiger partial charge on any atom is 0.407 e. The van der Waals surface area contributed by atoms with E-state index in [1.54, 1.807) is 45.0 Å². The van der Waals surface area contributed by atoms with Crippen molar-refractivity contribution in [1.29, 1.82) is 0 Å². The number of alkyl carbamates (subject to hydrolysis) is 1. The third-order valence-corrected chi connectivity index (χ3v) is 3.28. The molecule has 0 heterocycles. The molecule has 26 heavy (non-hydrogen) atoms. The predicted molar refractivity (Wildman–Crippen MR) is 98.7 cm³/mol. The molecule has 1 aromatic rings. The molecular formula is C19H28N2O5. The molecule has 0 bridgehead atoms. The zero-order chi connectivity index (χ0) is 19.6. The van der Waals surface area contributed by atoms with Crippen molar-refractivity contribution in [1.82, 2.24) is 5.32 Å². The summed E-state index contributed by atoms with van der Waals surface area (Å²) in [6, 6.07) is 8.92. The Morgan fingerprint density at radius 2 is 1.88 bits per heavy atom. The number of hydrogen-bond donors (Lipinski definition) is 2. The summed E-state index contributed by atoms with van der Waals surface area (Å²) in [6.45, 7) is 7.56. The van der Waals surface area contributed by atoms with Gasteiger partial charge in [-0.2, -0.15) is 0 Å². The fourth-order valence-corrected chi connectivity index (χ4v) is 2.12. The van der Waals surface area contributed by atoms with E-state index in [2.05, 4.69) is 10.5 Å². The average molecular weight is 364 g/mol. The molecule has 1 amide bonds. The van der Waals surface area contributed by atoms with Crippen LogP contribution in [0.25, 0.3) is 0 Å². The van der Waals surface area contributed by atoms with E-state index in [1.807, 2.05) is 13.0 Å². The quantitative estimate of drug-likeness (QED) is 0.398. The number of Topliss-reactive ketones (excluding diaryl/α,β-unsaturated/α-hetero) is 1. The number of ether oxygens (including phenoxy) is 2. The van der Waals surface area contributed by atoms with Crippen molar-refractivity contribution in [3.8, 4) is 0 Å². The third-order valence-electron chi connectivity index (χ3n) is 3.28. The van der Waals surface area contributed by atoms with Gasteiger partial charge >= 0.3 is 6.09 Å². The standard InChI is InChI=1S/C19H28N2O5/c1-5-11-25-17(13-20-18(23)26-19(2,3)4)16(22)12-15(21-24)14-9-7-6-8-10-14/h6-10,17,24H,5,11-13H2,1-4H3,(H,20,23)/b21-15-. The molecule has 1 aromatic carbocycles. The number of amides is 1. The summed E-state index contributed by atoms with van der Waals surface area (Å²) in [6.07, 6.45) is -0.835. The zero-order valence-corrected chi connectivity index (χ0v) is 15.8. The summed E-state index contributed by atoms with van der Waals surface area (Å²) in [5.41, 5.74) is 0.272. The number of carbonyl (C=O) groups is 2. The molecule has 0 aliphatic heterocycles. The first-order valence-electron chi connectivity index (χ1n) is 8.64. The maximum atomic E-state index is 12.6. The van der Waals surface area contributed by atoms with Crippen molar-refractivity contribution in [3.63, 3.8) is 0 Å². The van der Waals surface area contributed by atoms with Crippen molar-refractivity contribution < 1.29 is 24.3 Å². The largest absolute Gasteiger partial charge is 0.444 e. The van der Waals surface area contributed by atoms with Crippen LogP contribution in [0.4, 0.5) is 4.79 Å². The Morgan fingerprint density at radius 3 is 2.42 bits per heavy atom. The highest BCUT2D eigenvalue weighted by Crippen LogP contribution is 2.09. The van der Waals surface area contributed by atoms with Crippen LogP contribution in [0.2, 0.25) is 0 Å². The van der Waals surface area contributed by atoms with Crippen LogP contribution in [-0.2, 0) is 14.3 Å². The normalized spacial score (nSPS) is 13.2. The Morgan fingerprint density at radius 1 is 1.23 bits per heavy atom. The van der Waals surface area contributed by atoms with Crippen LogP contribution in [0, 0.1) is 0 Å². The number of benzene rings is 1. The van der Waals surface area contributed by atoms with Crippen LogP contribution >= 0.6 is 0 Å². The SMILES string of the molecule is CCCOC(CNC(=O)OC(C)(C)C)C(=O)C/C(=N/O)c1ccccc1. The van der Waals surface area contributed by atoms with E-state index in [0.29, 0.717) is 12.2 Å². The molecule has 0 saturated heterocycles. The van der Waals surface area contributed by atoms with Gasteiger partial charge in [-0.1, -0.05) is 42.4 Å². The molecular weight excluding hydrogens is 336 g/mol. The van der Waals surface area contributed by atoms with Crippen molar-refractivity contribution >= 4 is 17.6 Å². The molecule has 0 radical (unpaired) electrons. The van der Waals surface area contributed by atoms with Crippen LogP contribution < -0.4 is 5.32 Å². The molecule has 2 N–H and O–H groups in total. The van der Waals surface area contributed by atoms with Gasteiger partial charge in [0, 0.05) is 6.61 Å². The number of nitrogens with zero attached hydrogens (tertiary/aromatic N) is 1. The highest BCUT2D eigenvalue weighted by molar-refractivity contribution is 6.11. The molecule has 0 fully saturated rings. The lowest BCUT2D eigenvalue weighted by Crippen LogP contribution is -2.41. The van der Waals surface area contributed by atoms with E-state index >= 15 is 0 Å². The first kappa shape index (κ1) is 21.6. The maximum absolute atomic E-state index is 12.6. The van der Waals surface area contributed by atoms with Crippen LogP contribution in [0.15, 0.2) is 35.5 Å². The first-order valence-corrected chi connectivity index (χ1v) is 8.64. The molecule has 7 heteroatoms. The van der Waals surface area contributed by atoms with E-state index in [1.165, 1.54) is 0 Å². The fourth-order valence-electron chi connectivity index (χ4n) is 2.12. The highest BCUT2D eigenvalue weighted by atomic mass is 16.6. The fraction of sp³-hybridized carbons (Fsp3) is 0.526. The monoisotopic (exact) mass is 364 g/mol.